The Morgan fingerprint density at radius 1 is 1.19 bits per heavy atom. The molecule has 4 rings (SSSR count). The van der Waals surface area contributed by atoms with Crippen LogP contribution in [0.4, 0.5) is 5.69 Å². The minimum Gasteiger partial charge on any atom is -0.352 e. The summed E-state index contributed by atoms with van der Waals surface area (Å²) in [5.74, 6) is -0.150. The number of likely N-dealkylation sites (tertiary alicyclic amines) is 1. The maximum Gasteiger partial charge on any atom is 0.262 e. The number of rotatable bonds is 7. The molecule has 2 N–H and O–H groups in total. The van der Waals surface area contributed by atoms with E-state index in [1.165, 1.54) is 44.0 Å². The molecule has 2 aromatic carbocycles. The lowest BCUT2D eigenvalue weighted by molar-refractivity contribution is -0.112. The molecule has 1 fully saturated rings. The zero-order valence-electron chi connectivity index (χ0n) is 18.6. The highest BCUT2D eigenvalue weighted by atomic mass is 32.2. The van der Waals surface area contributed by atoms with Gasteiger partial charge in [0.2, 0.25) is 0 Å². The van der Waals surface area contributed by atoms with Crippen molar-refractivity contribution in [2.45, 2.75) is 50.0 Å². The zero-order valence-corrected chi connectivity index (χ0v) is 19.4. The van der Waals surface area contributed by atoms with E-state index in [2.05, 4.69) is 22.5 Å². The molecular weight excluding hydrogens is 418 g/mol. The van der Waals surface area contributed by atoms with Crippen LogP contribution in [0, 0.1) is 0 Å². The first-order valence-corrected chi connectivity index (χ1v) is 12.4. The van der Waals surface area contributed by atoms with Crippen LogP contribution in [-0.4, -0.2) is 42.4 Å². The number of benzene rings is 2. The van der Waals surface area contributed by atoms with Crippen molar-refractivity contribution in [3.05, 3.63) is 64.6 Å². The van der Waals surface area contributed by atoms with E-state index < -0.39 is 0 Å². The molecular formula is C26H31N3O2S. The van der Waals surface area contributed by atoms with E-state index in [9.17, 15) is 9.59 Å². The quantitative estimate of drug-likeness (QED) is 0.453. The first-order chi connectivity index (χ1) is 15.6. The highest BCUT2D eigenvalue weighted by Gasteiger charge is 2.21. The summed E-state index contributed by atoms with van der Waals surface area (Å²) in [6.07, 6.45) is 7.98. The molecule has 2 aliphatic heterocycles. The monoisotopic (exact) mass is 449 g/mol. The first kappa shape index (κ1) is 22.6. The summed E-state index contributed by atoms with van der Waals surface area (Å²) >= 11 is 1.46. The number of hydrogen-bond donors (Lipinski definition) is 2. The Morgan fingerprint density at radius 2 is 2.00 bits per heavy atom. The summed E-state index contributed by atoms with van der Waals surface area (Å²) in [6.45, 7) is 5.19. The molecule has 2 aromatic rings. The number of anilines is 1. The third kappa shape index (κ3) is 5.61. The predicted octanol–water partition coefficient (Wildman–Crippen LogP) is 5.16. The summed E-state index contributed by atoms with van der Waals surface area (Å²) in [4.78, 5) is 29.1. The van der Waals surface area contributed by atoms with Gasteiger partial charge in [-0.15, -0.1) is 0 Å². The molecule has 2 heterocycles. The Kier molecular flexibility index (Phi) is 7.66. The second-order valence-corrected chi connectivity index (χ2v) is 9.47. The number of para-hydroxylation sites is 1. The van der Waals surface area contributed by atoms with E-state index in [4.69, 9.17) is 0 Å². The highest BCUT2D eigenvalue weighted by molar-refractivity contribution is 8.04. The summed E-state index contributed by atoms with van der Waals surface area (Å²) in [7, 11) is 0. The van der Waals surface area contributed by atoms with Crippen LogP contribution in [0.3, 0.4) is 0 Å². The van der Waals surface area contributed by atoms with Crippen LogP contribution in [-0.2, 0) is 4.79 Å². The molecule has 1 saturated heterocycles. The molecule has 168 valence electrons. The van der Waals surface area contributed by atoms with E-state index in [-0.39, 0.29) is 11.8 Å². The van der Waals surface area contributed by atoms with Crippen LogP contribution in [0.15, 0.2) is 58.3 Å². The molecule has 1 atom stereocenters. The molecule has 0 spiro atoms. The third-order valence-electron chi connectivity index (χ3n) is 6.18. The summed E-state index contributed by atoms with van der Waals surface area (Å²) in [5, 5.41) is 5.96. The Morgan fingerprint density at radius 3 is 2.81 bits per heavy atom. The van der Waals surface area contributed by atoms with Gasteiger partial charge in [-0.2, -0.15) is 0 Å². The number of carbonyl (C=O) groups is 2. The fourth-order valence-electron chi connectivity index (χ4n) is 4.39. The molecule has 2 aliphatic rings. The normalized spacial score (nSPS) is 20.0. The SMILES string of the molecule is CC[C@@H]1CCCCN1CCCNC(=O)c1ccc(/C=C2/Sc3ccccc3NC2=O)cc1. The first-order valence-electron chi connectivity index (χ1n) is 11.6. The zero-order chi connectivity index (χ0) is 22.3. The minimum absolute atomic E-state index is 0.0476. The Labute approximate surface area is 194 Å². The van der Waals surface area contributed by atoms with E-state index >= 15 is 0 Å². The number of thioether (sulfide) groups is 1. The average molecular weight is 450 g/mol. The van der Waals surface area contributed by atoms with Crippen molar-refractivity contribution in [1.29, 1.82) is 0 Å². The second-order valence-electron chi connectivity index (χ2n) is 8.39. The van der Waals surface area contributed by atoms with Gasteiger partial charge in [-0.05, 0) is 68.1 Å². The Hall–Kier alpha value is -2.57. The van der Waals surface area contributed by atoms with Gasteiger partial charge in [-0.25, -0.2) is 0 Å². The maximum absolute atomic E-state index is 12.5. The molecule has 5 nitrogen and oxygen atoms in total. The Balaban J connectivity index is 1.28. The van der Waals surface area contributed by atoms with Crippen LogP contribution in [0.1, 0.15) is 54.9 Å². The van der Waals surface area contributed by atoms with Crippen molar-refractivity contribution in [2.75, 3.05) is 25.0 Å². The molecule has 0 radical (unpaired) electrons. The van der Waals surface area contributed by atoms with Gasteiger partial charge in [-0.1, -0.05) is 49.4 Å². The summed E-state index contributed by atoms with van der Waals surface area (Å²) < 4.78 is 0. The van der Waals surface area contributed by atoms with Gasteiger partial charge in [0.15, 0.2) is 0 Å². The van der Waals surface area contributed by atoms with Crippen molar-refractivity contribution < 1.29 is 9.59 Å². The lowest BCUT2D eigenvalue weighted by Gasteiger charge is -2.35. The van der Waals surface area contributed by atoms with Crippen LogP contribution >= 0.6 is 11.8 Å². The fraction of sp³-hybridized carbons (Fsp3) is 0.385. The van der Waals surface area contributed by atoms with Gasteiger partial charge in [0.1, 0.15) is 0 Å². The van der Waals surface area contributed by atoms with Crippen molar-refractivity contribution >= 4 is 35.3 Å². The maximum atomic E-state index is 12.5. The smallest absolute Gasteiger partial charge is 0.262 e. The molecule has 0 aliphatic carbocycles. The third-order valence-corrected chi connectivity index (χ3v) is 7.28. The van der Waals surface area contributed by atoms with Crippen LogP contribution in [0.2, 0.25) is 0 Å². The Bertz CT molecular complexity index is 987. The number of nitrogens with zero attached hydrogens (tertiary/aromatic N) is 1. The average Bonchev–Trinajstić information content (AvgIpc) is 2.83. The molecule has 0 saturated carbocycles. The van der Waals surface area contributed by atoms with Crippen LogP contribution < -0.4 is 10.6 Å². The standard InChI is InChI=1S/C26H31N3O2S/c1-2-21-8-5-6-16-29(21)17-7-15-27-25(30)20-13-11-19(12-14-20)18-24-26(31)28-22-9-3-4-10-23(22)32-24/h3-4,9-14,18,21H,2,5-8,15-17H2,1H3,(H,27,30)(H,28,31)/b24-18+/t21-/m1/s1. The lowest BCUT2D eigenvalue weighted by atomic mass is 10.00. The highest BCUT2D eigenvalue weighted by Crippen LogP contribution is 2.38. The second kappa shape index (κ2) is 10.8. The van der Waals surface area contributed by atoms with Crippen LogP contribution in [0.5, 0.6) is 0 Å². The van der Waals surface area contributed by atoms with Crippen molar-refractivity contribution in [2.24, 2.45) is 0 Å². The lowest BCUT2D eigenvalue weighted by Crippen LogP contribution is -2.40. The molecule has 2 amide bonds. The van der Waals surface area contributed by atoms with Gasteiger partial charge < -0.3 is 15.5 Å². The number of carbonyl (C=O) groups excluding carboxylic acids is 2. The molecule has 6 heteroatoms. The van der Waals surface area contributed by atoms with E-state index in [1.807, 2.05) is 54.6 Å². The van der Waals surface area contributed by atoms with Gasteiger partial charge >= 0.3 is 0 Å². The van der Waals surface area contributed by atoms with E-state index in [0.717, 1.165) is 29.1 Å². The van der Waals surface area contributed by atoms with E-state index in [1.54, 1.807) is 0 Å². The molecule has 0 bridgehead atoms. The topological polar surface area (TPSA) is 61.4 Å². The van der Waals surface area contributed by atoms with Gasteiger partial charge in [0.25, 0.3) is 11.8 Å². The number of piperidine rings is 1. The predicted molar refractivity (Wildman–Crippen MR) is 132 cm³/mol. The number of amides is 2. The fourth-order valence-corrected chi connectivity index (χ4v) is 5.34. The van der Waals surface area contributed by atoms with Gasteiger partial charge in [0.05, 0.1) is 10.6 Å². The van der Waals surface area contributed by atoms with Crippen molar-refractivity contribution in [3.8, 4) is 0 Å². The van der Waals surface area contributed by atoms with Crippen molar-refractivity contribution in [1.82, 2.24) is 10.2 Å². The number of nitrogens with one attached hydrogen (secondary N) is 2. The summed E-state index contributed by atoms with van der Waals surface area (Å²) in [6, 6.07) is 15.9. The minimum atomic E-state index is -0.102. The van der Waals surface area contributed by atoms with E-state index in [0.29, 0.717) is 23.1 Å². The molecule has 0 aromatic heterocycles. The molecule has 32 heavy (non-hydrogen) atoms. The largest absolute Gasteiger partial charge is 0.352 e. The van der Waals surface area contributed by atoms with Crippen LogP contribution in [0.25, 0.3) is 6.08 Å². The number of fused-ring (bicyclic) bond motifs is 1. The van der Waals surface area contributed by atoms with Crippen molar-refractivity contribution in [3.63, 3.8) is 0 Å². The van der Waals surface area contributed by atoms with Gasteiger partial charge in [0, 0.05) is 29.6 Å². The number of hydrogen-bond acceptors (Lipinski definition) is 4. The summed E-state index contributed by atoms with van der Waals surface area (Å²) in [5.41, 5.74) is 2.38. The van der Waals surface area contributed by atoms with Gasteiger partial charge in [-0.3, -0.25) is 9.59 Å². The molecule has 0 unspecified atom stereocenters.